The molecule has 0 radical (unpaired) electrons. The van der Waals surface area contributed by atoms with Gasteiger partial charge in [0.05, 0.1) is 19.3 Å². The van der Waals surface area contributed by atoms with Gasteiger partial charge < -0.3 is 29.2 Å². The highest BCUT2D eigenvalue weighted by atomic mass is 32.2. The van der Waals surface area contributed by atoms with Gasteiger partial charge in [-0.2, -0.15) is 16.7 Å². The number of phosphoric acid groups is 1. The van der Waals surface area contributed by atoms with Gasteiger partial charge in [0.15, 0.2) is 18.4 Å². The number of rotatable bonds is 34. The van der Waals surface area contributed by atoms with E-state index in [4.69, 9.17) is 28.0 Å². The predicted octanol–water partition coefficient (Wildman–Crippen LogP) is 9.57. The van der Waals surface area contributed by atoms with E-state index in [0.717, 1.165) is 49.9 Å². The number of thioether (sulfide) groups is 1. The van der Waals surface area contributed by atoms with Gasteiger partial charge in [-0.3, -0.25) is 28.0 Å². The molecule has 1 aliphatic heterocycles. The Labute approximate surface area is 372 Å². The van der Waals surface area contributed by atoms with Crippen molar-refractivity contribution >= 4 is 43.2 Å². The van der Waals surface area contributed by atoms with Gasteiger partial charge in [-0.15, -0.1) is 0 Å². The van der Waals surface area contributed by atoms with Crippen molar-refractivity contribution in [3.63, 3.8) is 0 Å². The molecule has 1 amide bonds. The fourth-order valence-electron chi connectivity index (χ4n) is 7.09. The van der Waals surface area contributed by atoms with E-state index in [1.807, 2.05) is 0 Å². The van der Waals surface area contributed by atoms with Crippen LogP contribution in [-0.4, -0.2) is 88.0 Å². The maximum Gasteiger partial charge on any atom is 0.472 e. The molecule has 2 heterocycles. The van der Waals surface area contributed by atoms with Gasteiger partial charge in [0.1, 0.15) is 11.9 Å². The van der Waals surface area contributed by atoms with E-state index in [1.54, 1.807) is 42.1 Å². The van der Waals surface area contributed by atoms with Crippen LogP contribution in [0.1, 0.15) is 160 Å². The lowest BCUT2D eigenvalue weighted by molar-refractivity contribution is -0.165. The minimum Gasteiger partial charge on any atom is -0.456 e. The zero-order valence-corrected chi connectivity index (χ0v) is 39.1. The highest BCUT2D eigenvalue weighted by Gasteiger charge is 2.51. The van der Waals surface area contributed by atoms with Crippen molar-refractivity contribution in [1.29, 1.82) is 0 Å². The van der Waals surface area contributed by atoms with Gasteiger partial charge in [-0.25, -0.2) is 9.36 Å². The van der Waals surface area contributed by atoms with E-state index in [2.05, 4.69) is 24.1 Å². The SMILES string of the molecule is CCCCCCCCCCCCSCC(COP(=O)(O)OC[C@H]1O[C@@H](n2ccc(NC(=O)c3ccccc3)nc2=O)[C@@H](OC(C)=O)[C@@H]1OC(C)=O)OCCCCCCCCCC. The van der Waals surface area contributed by atoms with Crippen molar-refractivity contribution in [2.45, 2.75) is 174 Å². The maximum atomic E-state index is 13.3. The fraction of sp³-hybridized carbons (Fsp3) is 0.711. The molecule has 0 saturated carbocycles. The molecule has 15 nitrogen and oxygen atoms in total. The van der Waals surface area contributed by atoms with E-state index in [1.165, 1.54) is 102 Å². The van der Waals surface area contributed by atoms with Crippen molar-refractivity contribution in [1.82, 2.24) is 9.55 Å². The summed E-state index contributed by atoms with van der Waals surface area (Å²) in [4.78, 5) is 65.1. The topological polar surface area (TPSA) is 191 Å². The van der Waals surface area contributed by atoms with Crippen LogP contribution in [0, 0.1) is 0 Å². The Morgan fingerprint density at radius 3 is 1.95 bits per heavy atom. The third kappa shape index (κ3) is 21.5. The number of hydrogen-bond acceptors (Lipinski definition) is 13. The first-order valence-electron chi connectivity index (χ1n) is 22.7. The summed E-state index contributed by atoms with van der Waals surface area (Å²) in [7, 11) is -4.73. The number of unbranched alkanes of at least 4 members (excludes halogenated alkanes) is 16. The number of ether oxygens (including phenoxy) is 4. The number of hydrogen-bond donors (Lipinski definition) is 2. The average Bonchev–Trinajstić information content (AvgIpc) is 3.56. The van der Waals surface area contributed by atoms with Crippen molar-refractivity contribution in [2.75, 3.05) is 36.6 Å². The lowest BCUT2D eigenvalue weighted by Crippen LogP contribution is -2.41. The molecular formula is C45H72N3O12PS. The number of amides is 1. The Morgan fingerprint density at radius 1 is 0.806 bits per heavy atom. The van der Waals surface area contributed by atoms with Crippen molar-refractivity contribution in [3.05, 3.63) is 58.6 Å². The first kappa shape index (κ1) is 53.2. The van der Waals surface area contributed by atoms with Gasteiger partial charge in [-0.05, 0) is 36.8 Å². The minimum atomic E-state index is -4.73. The van der Waals surface area contributed by atoms with Crippen LogP contribution in [0.25, 0.3) is 0 Å². The summed E-state index contributed by atoms with van der Waals surface area (Å²) in [5, 5.41) is 2.56. The molecule has 350 valence electrons. The lowest BCUT2D eigenvalue weighted by atomic mass is 10.1. The van der Waals surface area contributed by atoms with Crippen LogP contribution in [-0.2, 0) is 42.1 Å². The molecule has 17 heteroatoms. The summed E-state index contributed by atoms with van der Waals surface area (Å²) >= 11 is 1.73. The van der Waals surface area contributed by atoms with Crippen LogP contribution < -0.4 is 11.0 Å². The highest BCUT2D eigenvalue weighted by molar-refractivity contribution is 7.99. The Hall–Kier alpha value is -3.11. The number of nitrogens with zero attached hydrogens (tertiary/aromatic N) is 2. The van der Waals surface area contributed by atoms with Crippen LogP contribution in [0.4, 0.5) is 5.82 Å². The lowest BCUT2D eigenvalue weighted by Gasteiger charge is -2.24. The number of nitrogens with one attached hydrogen (secondary N) is 1. The smallest absolute Gasteiger partial charge is 0.456 e. The van der Waals surface area contributed by atoms with E-state index < -0.39 is 68.6 Å². The number of aromatic nitrogens is 2. The molecule has 0 bridgehead atoms. The fourth-order valence-corrected chi connectivity index (χ4v) is 8.88. The third-order valence-corrected chi connectivity index (χ3v) is 12.5. The van der Waals surface area contributed by atoms with Crippen LogP contribution in [0.5, 0.6) is 0 Å². The molecule has 1 saturated heterocycles. The molecule has 2 N–H and O–H groups in total. The zero-order chi connectivity index (χ0) is 45.0. The van der Waals surface area contributed by atoms with Crippen LogP contribution >= 0.6 is 19.6 Å². The minimum absolute atomic E-state index is 0.0470. The van der Waals surface area contributed by atoms with Crippen LogP contribution in [0.15, 0.2) is 47.4 Å². The number of anilines is 1. The second-order valence-corrected chi connectivity index (χ2v) is 18.4. The standard InChI is InChI=1S/C45H72N3O12PS/c1-5-7-9-11-13-15-16-18-20-25-31-62-34-38(55-30-24-19-17-14-12-10-8-6-2)32-56-61(53,54)57-33-39-41(58-35(3)49)42(59-36(4)50)44(60-39)48-29-28-40(47-45(48)52)46-43(51)37-26-22-21-23-27-37/h21-23,26-29,38-39,41-42,44H,5-20,24-25,30-34H2,1-4H3,(H,53,54)(H,46,47,51,52)/t38?,39-,41-,42+,44-/m1/s1. The molecule has 1 fully saturated rings. The quantitative estimate of drug-likeness (QED) is 0.0383. The summed E-state index contributed by atoms with van der Waals surface area (Å²) in [5.41, 5.74) is -0.536. The number of esters is 2. The first-order chi connectivity index (χ1) is 29.9. The number of carbonyl (C=O) groups excluding carboxylic acids is 3. The summed E-state index contributed by atoms with van der Waals surface area (Å²) < 4.78 is 48.3. The Kier molecular flexibility index (Phi) is 26.5. The van der Waals surface area contributed by atoms with E-state index >= 15 is 0 Å². The second-order valence-electron chi connectivity index (χ2n) is 15.8. The molecule has 0 spiro atoms. The summed E-state index contributed by atoms with van der Waals surface area (Å²) in [6.45, 7) is 6.39. The summed E-state index contributed by atoms with van der Waals surface area (Å²) in [5.74, 6) is -0.535. The molecular weight excluding hydrogens is 838 g/mol. The monoisotopic (exact) mass is 909 g/mol. The molecule has 2 aromatic rings. The number of benzene rings is 1. The first-order valence-corrected chi connectivity index (χ1v) is 25.4. The molecule has 1 aliphatic rings. The zero-order valence-electron chi connectivity index (χ0n) is 37.4. The van der Waals surface area contributed by atoms with Gasteiger partial charge in [-0.1, -0.05) is 135 Å². The van der Waals surface area contributed by atoms with Gasteiger partial charge in [0, 0.05) is 38.0 Å². The predicted molar refractivity (Wildman–Crippen MR) is 241 cm³/mol. The molecule has 1 aromatic heterocycles. The highest BCUT2D eigenvalue weighted by Crippen LogP contribution is 2.45. The van der Waals surface area contributed by atoms with Crippen molar-refractivity contribution in [2.24, 2.45) is 0 Å². The van der Waals surface area contributed by atoms with Gasteiger partial charge in [0.2, 0.25) is 0 Å². The Balaban J connectivity index is 1.59. The second kappa shape index (κ2) is 30.9. The maximum absolute atomic E-state index is 13.3. The Morgan fingerprint density at radius 2 is 1.37 bits per heavy atom. The van der Waals surface area contributed by atoms with Crippen LogP contribution in [0.2, 0.25) is 0 Å². The Bertz CT molecular complexity index is 1680. The molecule has 3 rings (SSSR count). The summed E-state index contributed by atoms with van der Waals surface area (Å²) in [6.07, 6.45) is 17.3. The molecule has 62 heavy (non-hydrogen) atoms. The molecule has 0 aliphatic carbocycles. The van der Waals surface area contributed by atoms with E-state index in [9.17, 15) is 28.6 Å². The van der Waals surface area contributed by atoms with Gasteiger partial charge in [0.25, 0.3) is 5.91 Å². The average molecular weight is 910 g/mol. The van der Waals surface area contributed by atoms with E-state index in [0.29, 0.717) is 17.9 Å². The number of carbonyl (C=O) groups is 3. The third-order valence-electron chi connectivity index (χ3n) is 10.4. The normalized spacial score (nSPS) is 18.9. The van der Waals surface area contributed by atoms with Crippen molar-refractivity contribution < 1.29 is 51.8 Å². The molecule has 2 unspecified atom stereocenters. The van der Waals surface area contributed by atoms with Gasteiger partial charge >= 0.3 is 25.5 Å². The molecule has 6 atom stereocenters. The summed E-state index contributed by atoms with van der Waals surface area (Å²) in [6, 6.07) is 9.70. The number of phosphoric ester groups is 1. The van der Waals surface area contributed by atoms with Crippen molar-refractivity contribution in [3.8, 4) is 0 Å². The largest absolute Gasteiger partial charge is 0.472 e. The van der Waals surface area contributed by atoms with E-state index in [-0.39, 0.29) is 12.4 Å². The van der Waals surface area contributed by atoms with Crippen LogP contribution in [0.3, 0.4) is 0 Å². The molecule has 1 aromatic carbocycles.